The van der Waals surface area contributed by atoms with Gasteiger partial charge in [0.15, 0.2) is 0 Å². The quantitative estimate of drug-likeness (QED) is 0.0523. The first-order valence-corrected chi connectivity index (χ1v) is 21.6. The minimum atomic E-state index is -0.387. The molecule has 0 aromatic heterocycles. The van der Waals surface area contributed by atoms with Gasteiger partial charge >= 0.3 is 11.9 Å². The normalized spacial score (nSPS) is 12.8. The van der Waals surface area contributed by atoms with E-state index in [1.807, 2.05) is 13.8 Å². The Morgan fingerprint density at radius 2 is 0.857 bits per heavy atom. The Morgan fingerprint density at radius 3 is 1.29 bits per heavy atom. The predicted octanol–water partition coefficient (Wildman–Crippen LogP) is 13.2. The van der Waals surface area contributed by atoms with Gasteiger partial charge in [-0.25, -0.2) is 0 Å². The van der Waals surface area contributed by atoms with Crippen molar-refractivity contribution in [2.45, 2.75) is 222 Å². The number of rotatable bonds is 36. The Morgan fingerprint density at radius 1 is 0.469 bits per heavy atom. The molecule has 0 spiro atoms. The van der Waals surface area contributed by atoms with Crippen molar-refractivity contribution >= 4 is 11.9 Å². The molecule has 0 rings (SSSR count). The number of carbonyl (C=O) groups excluding carboxylic acids is 2. The lowest BCUT2D eigenvalue weighted by Crippen LogP contribution is -2.27. The number of esters is 2. The summed E-state index contributed by atoms with van der Waals surface area (Å²) >= 11 is 0. The molecule has 0 saturated heterocycles. The Kier molecular flexibility index (Phi) is 30.9. The molecule has 0 aliphatic heterocycles. The lowest BCUT2D eigenvalue weighted by molar-refractivity contribution is -0.155. The second kappa shape index (κ2) is 31.6. The van der Waals surface area contributed by atoms with Gasteiger partial charge in [-0.05, 0) is 104 Å². The van der Waals surface area contributed by atoms with Crippen LogP contribution in [0.4, 0.5) is 0 Å². The van der Waals surface area contributed by atoms with E-state index in [1.165, 1.54) is 128 Å². The smallest absolute Gasteiger partial charge is 0.311 e. The van der Waals surface area contributed by atoms with Gasteiger partial charge in [-0.3, -0.25) is 9.59 Å². The van der Waals surface area contributed by atoms with E-state index in [0.717, 1.165) is 63.5 Å². The third-order valence-electron chi connectivity index (χ3n) is 10.9. The fourth-order valence-corrected chi connectivity index (χ4v) is 6.98. The highest BCUT2D eigenvalue weighted by molar-refractivity contribution is 5.76. The molecule has 0 aromatic rings. The van der Waals surface area contributed by atoms with Gasteiger partial charge in [0.2, 0.25) is 0 Å². The number of carbonyl (C=O) groups is 2. The third kappa shape index (κ3) is 27.3. The van der Waals surface area contributed by atoms with Crippen LogP contribution >= 0.6 is 0 Å². The summed E-state index contributed by atoms with van der Waals surface area (Å²) in [7, 11) is 0. The van der Waals surface area contributed by atoms with Crippen molar-refractivity contribution in [1.82, 2.24) is 5.32 Å². The molecular weight excluding hydrogens is 606 g/mol. The molecule has 292 valence electrons. The Bertz CT molecular complexity index is 754. The van der Waals surface area contributed by atoms with Crippen LogP contribution in [0.25, 0.3) is 0 Å². The first-order chi connectivity index (χ1) is 23.5. The standard InChI is InChI=1S/C44H87NO4/c1-9-13-20-29-40(30-21-14-10-2)32-27-38-49-42(47)44(7,8)34-23-17-19-25-36-45-35-24-18-16-22-33-43(5,6)41(46)48-37-26-31-39(12-4)28-15-11-3/h39-40,45H,9-38H2,1-8H3. The summed E-state index contributed by atoms with van der Waals surface area (Å²) < 4.78 is 11.4. The van der Waals surface area contributed by atoms with E-state index in [-0.39, 0.29) is 22.8 Å². The molecule has 0 heterocycles. The first kappa shape index (κ1) is 47.9. The summed E-state index contributed by atoms with van der Waals surface area (Å²) in [6, 6.07) is 0. The van der Waals surface area contributed by atoms with E-state index < -0.39 is 0 Å². The van der Waals surface area contributed by atoms with Gasteiger partial charge in [0, 0.05) is 0 Å². The topological polar surface area (TPSA) is 64.6 Å². The van der Waals surface area contributed by atoms with Crippen molar-refractivity contribution in [3.05, 3.63) is 0 Å². The summed E-state index contributed by atoms with van der Waals surface area (Å²) in [5, 5.41) is 3.60. The maximum atomic E-state index is 12.8. The van der Waals surface area contributed by atoms with Crippen LogP contribution in [0.3, 0.4) is 0 Å². The molecule has 0 aliphatic carbocycles. The molecule has 5 nitrogen and oxygen atoms in total. The number of hydrogen-bond acceptors (Lipinski definition) is 5. The summed E-state index contributed by atoms with van der Waals surface area (Å²) in [4.78, 5) is 25.4. The number of hydrogen-bond donors (Lipinski definition) is 1. The zero-order valence-electron chi connectivity index (χ0n) is 34.5. The molecule has 1 atom stereocenters. The summed E-state index contributed by atoms with van der Waals surface area (Å²) in [5.41, 5.74) is -0.772. The number of unbranched alkanes of at least 4 members (excludes halogenated alkanes) is 11. The van der Waals surface area contributed by atoms with Gasteiger partial charge in [-0.2, -0.15) is 0 Å². The van der Waals surface area contributed by atoms with E-state index >= 15 is 0 Å². The molecule has 1 unspecified atom stereocenters. The van der Waals surface area contributed by atoms with Crippen molar-refractivity contribution < 1.29 is 19.1 Å². The lowest BCUT2D eigenvalue weighted by Gasteiger charge is -2.23. The highest BCUT2D eigenvalue weighted by atomic mass is 16.5. The van der Waals surface area contributed by atoms with E-state index in [4.69, 9.17) is 9.47 Å². The Hall–Kier alpha value is -1.10. The molecule has 49 heavy (non-hydrogen) atoms. The van der Waals surface area contributed by atoms with E-state index in [1.54, 1.807) is 0 Å². The first-order valence-electron chi connectivity index (χ1n) is 21.6. The van der Waals surface area contributed by atoms with Gasteiger partial charge in [0.1, 0.15) is 0 Å². The van der Waals surface area contributed by atoms with Crippen molar-refractivity contribution in [2.24, 2.45) is 22.7 Å². The predicted molar refractivity (Wildman–Crippen MR) is 212 cm³/mol. The van der Waals surface area contributed by atoms with Crippen molar-refractivity contribution in [1.29, 1.82) is 0 Å². The second-order valence-electron chi connectivity index (χ2n) is 16.7. The van der Waals surface area contributed by atoms with Gasteiger partial charge < -0.3 is 14.8 Å². The number of ether oxygens (including phenoxy) is 2. The van der Waals surface area contributed by atoms with Crippen LogP contribution in [0.2, 0.25) is 0 Å². The van der Waals surface area contributed by atoms with Crippen LogP contribution in [0, 0.1) is 22.7 Å². The van der Waals surface area contributed by atoms with E-state index in [2.05, 4.69) is 46.9 Å². The zero-order valence-corrected chi connectivity index (χ0v) is 34.5. The molecule has 0 saturated carbocycles. The van der Waals surface area contributed by atoms with Gasteiger partial charge in [0.05, 0.1) is 24.0 Å². The highest BCUT2D eigenvalue weighted by Crippen LogP contribution is 2.28. The third-order valence-corrected chi connectivity index (χ3v) is 10.9. The van der Waals surface area contributed by atoms with Gasteiger partial charge in [0.25, 0.3) is 0 Å². The fourth-order valence-electron chi connectivity index (χ4n) is 6.98. The Labute approximate surface area is 307 Å². The largest absolute Gasteiger partial charge is 0.465 e. The van der Waals surface area contributed by atoms with Crippen molar-refractivity contribution in [2.75, 3.05) is 26.3 Å². The van der Waals surface area contributed by atoms with Crippen molar-refractivity contribution in [3.63, 3.8) is 0 Å². The van der Waals surface area contributed by atoms with E-state index in [0.29, 0.717) is 13.2 Å². The Balaban J connectivity index is 3.85. The molecular formula is C44H87NO4. The summed E-state index contributed by atoms with van der Waals surface area (Å²) in [5.74, 6) is 1.54. The molecule has 0 amide bonds. The fraction of sp³-hybridized carbons (Fsp3) is 0.955. The highest BCUT2D eigenvalue weighted by Gasteiger charge is 2.29. The van der Waals surface area contributed by atoms with Crippen LogP contribution in [-0.2, 0) is 19.1 Å². The molecule has 0 aliphatic rings. The van der Waals surface area contributed by atoms with Crippen molar-refractivity contribution in [3.8, 4) is 0 Å². The average Bonchev–Trinajstić information content (AvgIpc) is 3.07. The van der Waals surface area contributed by atoms with Crippen LogP contribution < -0.4 is 5.32 Å². The lowest BCUT2D eigenvalue weighted by atomic mass is 9.87. The molecule has 0 bridgehead atoms. The van der Waals surface area contributed by atoms with Gasteiger partial charge in [-0.1, -0.05) is 143 Å². The summed E-state index contributed by atoms with van der Waals surface area (Å²) in [6.45, 7) is 20.6. The molecule has 5 heteroatoms. The van der Waals surface area contributed by atoms with Crippen LogP contribution in [0.5, 0.6) is 0 Å². The number of nitrogens with one attached hydrogen (secondary N) is 1. The molecule has 1 N–H and O–H groups in total. The summed E-state index contributed by atoms with van der Waals surface area (Å²) in [6.07, 6.45) is 31.2. The van der Waals surface area contributed by atoms with Crippen LogP contribution in [-0.4, -0.2) is 38.2 Å². The minimum absolute atomic E-state index is 0.0141. The van der Waals surface area contributed by atoms with Crippen LogP contribution in [0.1, 0.15) is 222 Å². The SMILES string of the molecule is CCCCCC(CCCCC)CCCOC(=O)C(C)(C)CCCCCCNCCCCCCC(C)(C)C(=O)OCCCC(CC)CCCC. The second-order valence-corrected chi connectivity index (χ2v) is 16.7. The zero-order chi connectivity index (χ0) is 36.6. The maximum Gasteiger partial charge on any atom is 0.311 e. The maximum absolute atomic E-state index is 12.8. The minimum Gasteiger partial charge on any atom is -0.465 e. The monoisotopic (exact) mass is 694 g/mol. The van der Waals surface area contributed by atoms with Gasteiger partial charge in [-0.15, -0.1) is 0 Å². The van der Waals surface area contributed by atoms with Crippen LogP contribution in [0.15, 0.2) is 0 Å². The molecule has 0 aromatic carbocycles. The van der Waals surface area contributed by atoms with E-state index in [9.17, 15) is 9.59 Å². The molecule has 0 radical (unpaired) electrons. The average molecular weight is 694 g/mol. The molecule has 0 fully saturated rings.